The lowest BCUT2D eigenvalue weighted by atomic mass is 10.1. The molecular formula is C15H19N3O4. The molecule has 7 nitrogen and oxygen atoms in total. The summed E-state index contributed by atoms with van der Waals surface area (Å²) in [5.41, 5.74) is 1.55. The minimum Gasteiger partial charge on any atom is -0.408 e. The highest BCUT2D eigenvalue weighted by Crippen LogP contribution is 2.13. The van der Waals surface area contributed by atoms with Crippen LogP contribution in [0.1, 0.15) is 10.4 Å². The zero-order valence-electron chi connectivity index (χ0n) is 12.2. The number of nitrogens with zero attached hydrogens (tertiary/aromatic N) is 2. The van der Waals surface area contributed by atoms with Crippen molar-refractivity contribution in [1.82, 2.24) is 14.8 Å². The van der Waals surface area contributed by atoms with Gasteiger partial charge >= 0.3 is 5.76 Å². The van der Waals surface area contributed by atoms with E-state index in [4.69, 9.17) is 9.52 Å². The molecule has 22 heavy (non-hydrogen) atoms. The van der Waals surface area contributed by atoms with Crippen LogP contribution in [0.5, 0.6) is 0 Å². The smallest absolute Gasteiger partial charge is 0.408 e. The maximum Gasteiger partial charge on any atom is 0.417 e. The summed E-state index contributed by atoms with van der Waals surface area (Å²) in [6.07, 6.45) is 0. The third kappa shape index (κ3) is 3.27. The quantitative estimate of drug-likeness (QED) is 0.751. The van der Waals surface area contributed by atoms with Crippen LogP contribution in [0.2, 0.25) is 0 Å². The van der Waals surface area contributed by atoms with Crippen molar-refractivity contribution >= 4 is 16.9 Å². The minimum atomic E-state index is -0.514. The van der Waals surface area contributed by atoms with E-state index in [0.717, 1.165) is 26.2 Å². The predicted octanol–water partition coefficient (Wildman–Crippen LogP) is -0.0863. The largest absolute Gasteiger partial charge is 0.417 e. The van der Waals surface area contributed by atoms with Crippen molar-refractivity contribution in [2.75, 3.05) is 45.9 Å². The Labute approximate surface area is 127 Å². The summed E-state index contributed by atoms with van der Waals surface area (Å²) in [4.78, 5) is 30.3. The zero-order valence-corrected chi connectivity index (χ0v) is 12.2. The molecule has 7 heteroatoms. The molecule has 0 amide bonds. The Morgan fingerprint density at radius 1 is 1.23 bits per heavy atom. The van der Waals surface area contributed by atoms with Gasteiger partial charge in [0, 0.05) is 38.3 Å². The molecule has 0 saturated carbocycles. The summed E-state index contributed by atoms with van der Waals surface area (Å²) in [6.45, 7) is 4.55. The highest BCUT2D eigenvalue weighted by molar-refractivity contribution is 5.99. The first-order chi connectivity index (χ1) is 10.7. The van der Waals surface area contributed by atoms with Crippen LogP contribution in [-0.4, -0.2) is 71.5 Å². The molecule has 118 valence electrons. The Hall–Kier alpha value is -1.96. The number of aliphatic hydroxyl groups excluding tert-OH is 1. The first-order valence-corrected chi connectivity index (χ1v) is 7.37. The van der Waals surface area contributed by atoms with Gasteiger partial charge in [-0.2, -0.15) is 0 Å². The highest BCUT2D eigenvalue weighted by Gasteiger charge is 2.19. The first-order valence-electron chi connectivity index (χ1n) is 7.37. The Kier molecular flexibility index (Phi) is 4.37. The van der Waals surface area contributed by atoms with E-state index in [2.05, 4.69) is 14.8 Å². The summed E-state index contributed by atoms with van der Waals surface area (Å²) in [5, 5.41) is 8.92. The number of hydrogen-bond donors (Lipinski definition) is 2. The number of hydrogen-bond acceptors (Lipinski definition) is 6. The Morgan fingerprint density at radius 3 is 2.68 bits per heavy atom. The lowest BCUT2D eigenvalue weighted by Gasteiger charge is -2.33. The van der Waals surface area contributed by atoms with Crippen molar-refractivity contribution in [2.45, 2.75) is 0 Å². The lowest BCUT2D eigenvalue weighted by Crippen LogP contribution is -2.48. The van der Waals surface area contributed by atoms with Crippen molar-refractivity contribution in [3.8, 4) is 0 Å². The number of β-amino-alcohol motifs (C(OH)–C–C–N with tert-alkyl or cyclic N) is 1. The Bertz CT molecular complexity index is 713. The maximum atomic E-state index is 12.3. The fraction of sp³-hybridized carbons (Fsp3) is 0.467. The van der Waals surface area contributed by atoms with Gasteiger partial charge in [-0.05, 0) is 18.2 Å². The molecule has 0 unspecified atom stereocenters. The Balaban J connectivity index is 1.62. The van der Waals surface area contributed by atoms with Crippen molar-refractivity contribution in [1.29, 1.82) is 0 Å². The number of piperazine rings is 1. The van der Waals surface area contributed by atoms with Crippen LogP contribution in [0.25, 0.3) is 11.1 Å². The van der Waals surface area contributed by atoms with Gasteiger partial charge in [0.25, 0.3) is 0 Å². The van der Waals surface area contributed by atoms with E-state index in [1.165, 1.54) is 0 Å². The van der Waals surface area contributed by atoms with Gasteiger partial charge in [-0.1, -0.05) is 0 Å². The number of Topliss-reactive ketones (excluding diaryl/α,β-unsaturated/α-hetero) is 1. The summed E-state index contributed by atoms with van der Waals surface area (Å²) >= 11 is 0. The second-order valence-electron chi connectivity index (χ2n) is 5.49. The average molecular weight is 305 g/mol. The second kappa shape index (κ2) is 6.43. The average Bonchev–Trinajstić information content (AvgIpc) is 2.88. The number of ketones is 1. The molecular weight excluding hydrogens is 286 g/mol. The van der Waals surface area contributed by atoms with Crippen LogP contribution in [0.15, 0.2) is 27.4 Å². The number of nitrogens with one attached hydrogen (secondary N) is 1. The van der Waals surface area contributed by atoms with Crippen LogP contribution in [0.3, 0.4) is 0 Å². The van der Waals surface area contributed by atoms with Crippen LogP contribution in [0.4, 0.5) is 0 Å². The van der Waals surface area contributed by atoms with Crippen LogP contribution in [0, 0.1) is 0 Å². The van der Waals surface area contributed by atoms with Crippen molar-refractivity contribution in [3.63, 3.8) is 0 Å². The number of aliphatic hydroxyl groups is 1. The SMILES string of the molecule is O=C(CN1CCN(CCO)CC1)c1ccc2[nH]c(=O)oc2c1. The van der Waals surface area contributed by atoms with Crippen molar-refractivity contribution in [2.24, 2.45) is 0 Å². The number of rotatable bonds is 5. The molecule has 1 aliphatic heterocycles. The number of H-pyrrole nitrogens is 1. The second-order valence-corrected chi connectivity index (χ2v) is 5.49. The fourth-order valence-corrected chi connectivity index (χ4v) is 2.73. The van der Waals surface area contributed by atoms with E-state index in [1.807, 2.05) is 0 Å². The van der Waals surface area contributed by atoms with Gasteiger partial charge in [0.2, 0.25) is 0 Å². The number of carbonyl (C=O) groups is 1. The molecule has 1 aliphatic rings. The monoisotopic (exact) mass is 305 g/mol. The molecule has 1 aromatic heterocycles. The number of aromatic nitrogens is 1. The van der Waals surface area contributed by atoms with Gasteiger partial charge in [-0.25, -0.2) is 4.79 Å². The number of oxazole rings is 1. The molecule has 0 atom stereocenters. The van der Waals surface area contributed by atoms with Gasteiger partial charge < -0.3 is 9.52 Å². The molecule has 2 N–H and O–H groups in total. The molecule has 1 saturated heterocycles. The Morgan fingerprint density at radius 2 is 1.95 bits per heavy atom. The van der Waals surface area contributed by atoms with Gasteiger partial charge in [-0.15, -0.1) is 0 Å². The van der Waals surface area contributed by atoms with Crippen LogP contribution < -0.4 is 5.76 Å². The topological polar surface area (TPSA) is 89.8 Å². The summed E-state index contributed by atoms with van der Waals surface area (Å²) in [5.74, 6) is -0.499. The predicted molar refractivity (Wildman–Crippen MR) is 81.1 cm³/mol. The normalized spacial score (nSPS) is 17.1. The van der Waals surface area contributed by atoms with E-state index < -0.39 is 5.76 Å². The molecule has 0 radical (unpaired) electrons. The van der Waals surface area contributed by atoms with E-state index in [9.17, 15) is 9.59 Å². The van der Waals surface area contributed by atoms with Gasteiger partial charge in [0.15, 0.2) is 11.4 Å². The molecule has 0 aliphatic carbocycles. The number of carbonyl (C=O) groups excluding carboxylic acids is 1. The van der Waals surface area contributed by atoms with Gasteiger partial charge in [-0.3, -0.25) is 19.6 Å². The molecule has 2 heterocycles. The lowest BCUT2D eigenvalue weighted by molar-refractivity contribution is 0.0822. The molecule has 1 aromatic carbocycles. The van der Waals surface area contributed by atoms with Crippen LogP contribution in [-0.2, 0) is 0 Å². The van der Waals surface area contributed by atoms with E-state index in [1.54, 1.807) is 18.2 Å². The number of benzene rings is 1. The molecule has 0 bridgehead atoms. The third-order valence-corrected chi connectivity index (χ3v) is 3.99. The number of fused-ring (bicyclic) bond motifs is 1. The standard InChI is InChI=1S/C15H19N3O4/c19-8-7-17-3-5-18(6-4-17)10-13(20)11-1-2-12-14(9-11)22-15(21)16-12/h1-2,9,19H,3-8,10H2,(H,16,21). The number of aromatic amines is 1. The van der Waals surface area contributed by atoms with Crippen molar-refractivity contribution < 1.29 is 14.3 Å². The van der Waals surface area contributed by atoms with E-state index in [-0.39, 0.29) is 12.4 Å². The fourth-order valence-electron chi connectivity index (χ4n) is 2.73. The third-order valence-electron chi connectivity index (χ3n) is 3.99. The van der Waals surface area contributed by atoms with E-state index in [0.29, 0.717) is 29.8 Å². The van der Waals surface area contributed by atoms with Gasteiger partial charge in [0.1, 0.15) is 0 Å². The summed E-state index contributed by atoms with van der Waals surface area (Å²) in [7, 11) is 0. The molecule has 2 aromatic rings. The summed E-state index contributed by atoms with van der Waals surface area (Å²) in [6, 6.07) is 5.00. The minimum absolute atomic E-state index is 0.0151. The van der Waals surface area contributed by atoms with E-state index >= 15 is 0 Å². The molecule has 1 fully saturated rings. The summed E-state index contributed by atoms with van der Waals surface area (Å²) < 4.78 is 4.98. The molecule has 3 rings (SSSR count). The van der Waals surface area contributed by atoms with Crippen molar-refractivity contribution in [3.05, 3.63) is 34.3 Å². The highest BCUT2D eigenvalue weighted by atomic mass is 16.4. The maximum absolute atomic E-state index is 12.3. The van der Waals surface area contributed by atoms with Gasteiger partial charge in [0.05, 0.1) is 18.7 Å². The van der Waals surface area contributed by atoms with Crippen LogP contribution >= 0.6 is 0 Å². The zero-order chi connectivity index (χ0) is 15.5. The molecule has 0 spiro atoms. The first kappa shape index (κ1) is 15.0.